The molecular weight excluding hydrogens is 202 g/mol. The first-order chi connectivity index (χ1) is 8.17. The molecule has 84 valence electrons. The Morgan fingerprint density at radius 3 is 2.75 bits per heavy atom. The molecule has 0 aliphatic carbocycles. The van der Waals surface area contributed by atoms with Crippen LogP contribution in [0, 0.1) is 11.8 Å². The van der Waals surface area contributed by atoms with Gasteiger partial charge in [0.2, 0.25) is 0 Å². The van der Waals surface area contributed by atoms with Gasteiger partial charge in [-0.15, -0.1) is 5.92 Å². The summed E-state index contributed by atoms with van der Waals surface area (Å²) in [5.74, 6) is 5.18. The quantitative estimate of drug-likeness (QED) is 0.612. The number of esters is 1. The van der Waals surface area contributed by atoms with Gasteiger partial charge >= 0.3 is 5.97 Å². The lowest BCUT2D eigenvalue weighted by atomic mass is 10.1. The average Bonchev–Trinajstić information content (AvgIpc) is 2.37. The van der Waals surface area contributed by atoms with Gasteiger partial charge in [-0.05, 0) is 24.6 Å². The van der Waals surface area contributed by atoms with Crippen LogP contribution >= 0.6 is 0 Å². The van der Waals surface area contributed by atoms with Crippen LogP contribution in [0.15, 0.2) is 24.3 Å². The normalized spacial score (nSPS) is 12.0. The molecule has 0 amide bonds. The van der Waals surface area contributed by atoms with Crippen molar-refractivity contribution in [1.82, 2.24) is 5.32 Å². The Morgan fingerprint density at radius 1 is 1.50 bits per heavy atom. The van der Waals surface area contributed by atoms with Gasteiger partial charge in [-0.2, -0.15) is 0 Å². The van der Waals surface area contributed by atoms with Gasteiger partial charge in [0.25, 0.3) is 0 Å². The zero-order valence-corrected chi connectivity index (χ0v) is 9.41. The minimum Gasteiger partial charge on any atom is -0.468 e. The number of methoxy groups -OCH3 is 1. The second kappa shape index (κ2) is 6.65. The van der Waals surface area contributed by atoms with E-state index in [4.69, 9.17) is 1.37 Å². The van der Waals surface area contributed by atoms with E-state index in [9.17, 15) is 4.79 Å². The molecule has 16 heavy (non-hydrogen) atoms. The Hall–Kier alpha value is -1.79. The fourth-order valence-electron chi connectivity index (χ4n) is 1.16. The van der Waals surface area contributed by atoms with Crippen LogP contribution < -0.4 is 5.32 Å². The number of carbonyl (C=O) groups excluding carboxylic acids is 1. The summed E-state index contributed by atoms with van der Waals surface area (Å²) in [6, 6.07) is 7.64. The molecule has 0 aromatic heterocycles. The van der Waals surface area contributed by atoms with Crippen molar-refractivity contribution in [2.45, 2.75) is 13.5 Å². The predicted octanol–water partition coefficient (Wildman–Crippen LogP) is 1.32. The maximum absolute atomic E-state index is 11.0. The van der Waals surface area contributed by atoms with Gasteiger partial charge < -0.3 is 10.1 Å². The fraction of sp³-hybridized carbons (Fsp3) is 0.308. The summed E-state index contributed by atoms with van der Waals surface area (Å²) in [5, 5.41) is 2.76. The van der Waals surface area contributed by atoms with Crippen molar-refractivity contribution in [3.05, 3.63) is 35.4 Å². The van der Waals surface area contributed by atoms with Crippen molar-refractivity contribution in [1.29, 1.82) is 0 Å². The molecule has 0 spiro atoms. The third-order valence-corrected chi connectivity index (χ3v) is 1.95. The minimum atomic E-state index is -1.05. The molecule has 0 saturated carbocycles. The molecule has 0 bridgehead atoms. The Bertz CT molecular complexity index is 431. The predicted molar refractivity (Wildman–Crippen MR) is 62.7 cm³/mol. The summed E-state index contributed by atoms with van der Waals surface area (Å²) < 4.78 is 11.9. The molecule has 0 aliphatic heterocycles. The van der Waals surface area contributed by atoms with Crippen LogP contribution in [-0.4, -0.2) is 19.6 Å². The standard InChI is InChI=1S/C13H15NO2/c1-3-4-11-5-7-12(8-6-11)9-14-10-13(15)16-2/h5-8,14H,9-10H2,1-2H3/i10D. The van der Waals surface area contributed by atoms with E-state index in [2.05, 4.69) is 21.9 Å². The summed E-state index contributed by atoms with van der Waals surface area (Å²) in [6.07, 6.45) is 0. The largest absolute Gasteiger partial charge is 0.468 e. The maximum Gasteiger partial charge on any atom is 0.319 e. The summed E-state index contributed by atoms with van der Waals surface area (Å²) in [4.78, 5) is 11.0. The molecule has 0 aliphatic rings. The molecule has 1 aromatic rings. The monoisotopic (exact) mass is 218 g/mol. The highest BCUT2D eigenvalue weighted by Crippen LogP contribution is 2.02. The first-order valence-electron chi connectivity index (χ1n) is 5.50. The Morgan fingerprint density at radius 2 is 2.19 bits per heavy atom. The van der Waals surface area contributed by atoms with Crippen molar-refractivity contribution in [3.63, 3.8) is 0 Å². The van der Waals surface area contributed by atoms with Crippen molar-refractivity contribution in [2.24, 2.45) is 0 Å². The number of rotatable bonds is 4. The minimum absolute atomic E-state index is 0.448. The van der Waals surface area contributed by atoms with Gasteiger partial charge in [0.15, 0.2) is 0 Å². The maximum atomic E-state index is 11.0. The lowest BCUT2D eigenvalue weighted by Gasteiger charge is -2.03. The molecule has 0 heterocycles. The SMILES string of the molecule is [2H]C(NCc1ccc(C#CC)cc1)C(=O)OC. The van der Waals surface area contributed by atoms with Gasteiger partial charge in [-0.1, -0.05) is 18.1 Å². The molecule has 3 nitrogen and oxygen atoms in total. The highest BCUT2D eigenvalue weighted by Gasteiger charge is 1.98. The first-order valence-corrected chi connectivity index (χ1v) is 4.92. The highest BCUT2D eigenvalue weighted by molar-refractivity contribution is 5.71. The van der Waals surface area contributed by atoms with Crippen molar-refractivity contribution >= 4 is 5.97 Å². The van der Waals surface area contributed by atoms with E-state index in [1.165, 1.54) is 7.11 Å². The number of hydrogen-bond donors (Lipinski definition) is 1. The van der Waals surface area contributed by atoms with Gasteiger partial charge in [0.1, 0.15) is 0 Å². The lowest BCUT2D eigenvalue weighted by molar-refractivity contribution is -0.139. The zero-order chi connectivity index (χ0) is 12.7. The van der Waals surface area contributed by atoms with Crippen LogP contribution in [0.3, 0.4) is 0 Å². The van der Waals surface area contributed by atoms with Gasteiger partial charge in [0, 0.05) is 12.1 Å². The molecule has 1 N–H and O–H groups in total. The van der Waals surface area contributed by atoms with E-state index in [1.54, 1.807) is 6.92 Å². The molecule has 0 fully saturated rings. The fourth-order valence-corrected chi connectivity index (χ4v) is 1.16. The number of carbonyl (C=O) groups is 1. The first kappa shape index (κ1) is 10.7. The molecule has 0 saturated heterocycles. The van der Waals surface area contributed by atoms with E-state index in [0.717, 1.165) is 11.1 Å². The van der Waals surface area contributed by atoms with E-state index >= 15 is 0 Å². The van der Waals surface area contributed by atoms with E-state index in [-0.39, 0.29) is 0 Å². The Balaban J connectivity index is 2.51. The zero-order valence-electron chi connectivity index (χ0n) is 10.4. The smallest absolute Gasteiger partial charge is 0.319 e. The summed E-state index contributed by atoms with van der Waals surface area (Å²) in [7, 11) is 1.27. The summed E-state index contributed by atoms with van der Waals surface area (Å²) >= 11 is 0. The lowest BCUT2D eigenvalue weighted by Crippen LogP contribution is -2.23. The van der Waals surface area contributed by atoms with Crippen molar-refractivity contribution in [2.75, 3.05) is 13.6 Å². The van der Waals surface area contributed by atoms with Gasteiger partial charge in [0.05, 0.1) is 15.0 Å². The van der Waals surface area contributed by atoms with Gasteiger partial charge in [-0.3, -0.25) is 4.79 Å². The molecule has 0 radical (unpaired) electrons. The summed E-state index contributed by atoms with van der Waals surface area (Å²) in [6.45, 7) is 1.19. The number of hydrogen-bond acceptors (Lipinski definition) is 3. The van der Waals surface area contributed by atoms with Crippen LogP contribution in [0.2, 0.25) is 0 Å². The average molecular weight is 218 g/mol. The van der Waals surface area contributed by atoms with Crippen molar-refractivity contribution in [3.8, 4) is 11.8 Å². The third-order valence-electron chi connectivity index (χ3n) is 1.95. The van der Waals surface area contributed by atoms with E-state index < -0.39 is 12.5 Å². The number of benzene rings is 1. The molecular formula is C13H15NO2. The molecule has 1 atom stereocenters. The van der Waals surface area contributed by atoms with E-state index in [0.29, 0.717) is 6.54 Å². The van der Waals surface area contributed by atoms with Crippen LogP contribution in [0.4, 0.5) is 0 Å². The van der Waals surface area contributed by atoms with Crippen molar-refractivity contribution < 1.29 is 10.9 Å². The molecule has 1 aromatic carbocycles. The van der Waals surface area contributed by atoms with Gasteiger partial charge in [-0.25, -0.2) is 0 Å². The highest BCUT2D eigenvalue weighted by atomic mass is 16.5. The van der Waals surface area contributed by atoms with Crippen LogP contribution in [0.5, 0.6) is 0 Å². The molecule has 3 heteroatoms. The third kappa shape index (κ3) is 4.16. The second-order valence-electron chi connectivity index (χ2n) is 3.12. The Labute approximate surface area is 97.2 Å². The van der Waals surface area contributed by atoms with Crippen LogP contribution in [0.25, 0.3) is 0 Å². The number of ether oxygens (including phenoxy) is 1. The second-order valence-corrected chi connectivity index (χ2v) is 3.12. The molecule has 1 rings (SSSR count). The van der Waals surface area contributed by atoms with Crippen LogP contribution in [-0.2, 0) is 16.1 Å². The summed E-state index contributed by atoms with van der Waals surface area (Å²) in [5.41, 5.74) is 1.94. The topological polar surface area (TPSA) is 38.3 Å². The molecule has 1 unspecified atom stereocenters. The number of nitrogens with one attached hydrogen (secondary N) is 1. The van der Waals surface area contributed by atoms with Crippen LogP contribution in [0.1, 0.15) is 19.4 Å². The Kier molecular flexibility index (Phi) is 4.45. The van der Waals surface area contributed by atoms with E-state index in [1.807, 2.05) is 24.3 Å².